The maximum atomic E-state index is 13.7. The number of rotatable bonds is 5. The molecule has 1 fully saturated rings. The Morgan fingerprint density at radius 3 is 2.83 bits per heavy atom. The molecule has 1 heterocycles. The van der Waals surface area contributed by atoms with Crippen LogP contribution in [0.15, 0.2) is 18.2 Å². The van der Waals surface area contributed by atoms with E-state index in [-0.39, 0.29) is 11.4 Å². The summed E-state index contributed by atoms with van der Waals surface area (Å²) in [6, 6.07) is 5.30. The zero-order chi connectivity index (χ0) is 13.0. The van der Waals surface area contributed by atoms with Crippen molar-refractivity contribution in [2.45, 2.75) is 44.6 Å². The highest BCUT2D eigenvalue weighted by Gasteiger charge is 2.32. The summed E-state index contributed by atoms with van der Waals surface area (Å²) in [5.41, 5.74) is 1.23. The molecule has 1 unspecified atom stereocenters. The van der Waals surface area contributed by atoms with Gasteiger partial charge < -0.3 is 10.1 Å². The van der Waals surface area contributed by atoms with E-state index in [2.05, 4.69) is 12.2 Å². The molecule has 1 aliphatic rings. The van der Waals surface area contributed by atoms with Crippen molar-refractivity contribution in [3.05, 3.63) is 29.6 Å². The van der Waals surface area contributed by atoms with E-state index in [1.54, 1.807) is 12.1 Å². The highest BCUT2D eigenvalue weighted by Crippen LogP contribution is 2.30. The van der Waals surface area contributed by atoms with E-state index in [0.717, 1.165) is 31.4 Å². The third kappa shape index (κ3) is 2.83. The molecule has 1 aromatic rings. The van der Waals surface area contributed by atoms with Crippen LogP contribution in [0.3, 0.4) is 0 Å². The van der Waals surface area contributed by atoms with Crippen LogP contribution in [0.5, 0.6) is 5.75 Å². The molecule has 2 rings (SSSR count). The van der Waals surface area contributed by atoms with Crippen LogP contribution in [-0.4, -0.2) is 19.2 Å². The minimum atomic E-state index is -0.264. The predicted octanol–water partition coefficient (Wildman–Crippen LogP) is 3.30. The Bertz CT molecular complexity index is 399. The van der Waals surface area contributed by atoms with Crippen LogP contribution >= 0.6 is 0 Å². The molecule has 0 saturated carbocycles. The Morgan fingerprint density at radius 1 is 1.44 bits per heavy atom. The van der Waals surface area contributed by atoms with Crippen molar-refractivity contribution < 1.29 is 9.13 Å². The van der Waals surface area contributed by atoms with Gasteiger partial charge in [0, 0.05) is 5.54 Å². The lowest BCUT2D eigenvalue weighted by molar-refractivity contribution is 0.340. The number of benzene rings is 1. The SMILES string of the molecule is CCCC1(Cc2ccc(OC)c(F)c2)CCCN1. The molecular weight excluding hydrogens is 229 g/mol. The average Bonchev–Trinajstić information content (AvgIpc) is 2.78. The summed E-state index contributed by atoms with van der Waals surface area (Å²) in [5, 5.41) is 3.61. The van der Waals surface area contributed by atoms with Crippen molar-refractivity contribution in [2.24, 2.45) is 0 Å². The van der Waals surface area contributed by atoms with Gasteiger partial charge in [-0.25, -0.2) is 4.39 Å². The monoisotopic (exact) mass is 251 g/mol. The summed E-state index contributed by atoms with van der Waals surface area (Å²) in [6.07, 6.45) is 5.63. The van der Waals surface area contributed by atoms with Crippen molar-refractivity contribution in [3.63, 3.8) is 0 Å². The van der Waals surface area contributed by atoms with Gasteiger partial charge in [-0.1, -0.05) is 19.4 Å². The lowest BCUT2D eigenvalue weighted by atomic mass is 9.85. The fourth-order valence-corrected chi connectivity index (χ4v) is 3.01. The van der Waals surface area contributed by atoms with Gasteiger partial charge in [0.2, 0.25) is 0 Å². The van der Waals surface area contributed by atoms with Crippen LogP contribution in [0, 0.1) is 5.82 Å². The fraction of sp³-hybridized carbons (Fsp3) is 0.600. The molecule has 2 nitrogen and oxygen atoms in total. The second-order valence-corrected chi connectivity index (χ2v) is 5.21. The van der Waals surface area contributed by atoms with Crippen molar-refractivity contribution in [1.82, 2.24) is 5.32 Å². The van der Waals surface area contributed by atoms with Crippen LogP contribution in [0.1, 0.15) is 38.2 Å². The smallest absolute Gasteiger partial charge is 0.165 e. The number of nitrogens with one attached hydrogen (secondary N) is 1. The highest BCUT2D eigenvalue weighted by molar-refractivity contribution is 5.30. The van der Waals surface area contributed by atoms with E-state index in [1.807, 2.05) is 6.07 Å². The minimum Gasteiger partial charge on any atom is -0.494 e. The van der Waals surface area contributed by atoms with E-state index < -0.39 is 0 Å². The second-order valence-electron chi connectivity index (χ2n) is 5.21. The Labute approximate surface area is 109 Å². The van der Waals surface area contributed by atoms with Crippen molar-refractivity contribution >= 4 is 0 Å². The largest absolute Gasteiger partial charge is 0.494 e. The average molecular weight is 251 g/mol. The van der Waals surface area contributed by atoms with Gasteiger partial charge in [-0.05, 0) is 49.9 Å². The molecule has 0 bridgehead atoms. The Hall–Kier alpha value is -1.09. The molecule has 1 atom stereocenters. The van der Waals surface area contributed by atoms with Crippen LogP contribution in [-0.2, 0) is 6.42 Å². The number of methoxy groups -OCH3 is 1. The van der Waals surface area contributed by atoms with Crippen LogP contribution in [0.2, 0.25) is 0 Å². The minimum absolute atomic E-state index is 0.176. The Balaban J connectivity index is 2.14. The molecular formula is C15H22FNO. The van der Waals surface area contributed by atoms with Gasteiger partial charge in [0.15, 0.2) is 11.6 Å². The molecule has 1 saturated heterocycles. The summed E-state index contributed by atoms with van der Waals surface area (Å²) in [6.45, 7) is 3.29. The zero-order valence-electron chi connectivity index (χ0n) is 11.3. The van der Waals surface area contributed by atoms with Crippen LogP contribution in [0.4, 0.5) is 4.39 Å². The van der Waals surface area contributed by atoms with Crippen LogP contribution in [0.25, 0.3) is 0 Å². The first-order valence-electron chi connectivity index (χ1n) is 6.76. The third-order valence-electron chi connectivity index (χ3n) is 3.82. The summed E-state index contributed by atoms with van der Waals surface area (Å²) in [4.78, 5) is 0. The summed E-state index contributed by atoms with van der Waals surface area (Å²) in [7, 11) is 1.50. The lowest BCUT2D eigenvalue weighted by Crippen LogP contribution is -2.41. The quantitative estimate of drug-likeness (QED) is 0.867. The number of ether oxygens (including phenoxy) is 1. The van der Waals surface area contributed by atoms with Gasteiger partial charge in [0.05, 0.1) is 7.11 Å². The molecule has 0 aliphatic carbocycles. The molecule has 1 aromatic carbocycles. The maximum Gasteiger partial charge on any atom is 0.165 e. The van der Waals surface area contributed by atoms with Crippen LogP contribution < -0.4 is 10.1 Å². The van der Waals surface area contributed by atoms with Gasteiger partial charge in [-0.2, -0.15) is 0 Å². The molecule has 1 N–H and O–H groups in total. The van der Waals surface area contributed by atoms with Gasteiger partial charge in [0.1, 0.15) is 0 Å². The van der Waals surface area contributed by atoms with Crippen molar-refractivity contribution in [3.8, 4) is 5.75 Å². The lowest BCUT2D eigenvalue weighted by Gasteiger charge is -2.29. The second kappa shape index (κ2) is 5.70. The normalized spacial score (nSPS) is 23.3. The van der Waals surface area contributed by atoms with Crippen molar-refractivity contribution in [1.29, 1.82) is 0 Å². The van der Waals surface area contributed by atoms with E-state index in [9.17, 15) is 4.39 Å². The van der Waals surface area contributed by atoms with E-state index in [4.69, 9.17) is 4.74 Å². The first kappa shape index (κ1) is 13.3. The first-order valence-corrected chi connectivity index (χ1v) is 6.76. The van der Waals surface area contributed by atoms with Gasteiger partial charge >= 0.3 is 0 Å². The van der Waals surface area contributed by atoms with Crippen molar-refractivity contribution in [2.75, 3.05) is 13.7 Å². The standard InChI is InChI=1S/C15H22FNO/c1-3-7-15(8-4-9-17-15)11-12-5-6-14(18-2)13(16)10-12/h5-6,10,17H,3-4,7-9,11H2,1-2H3. The molecule has 0 aromatic heterocycles. The predicted molar refractivity (Wildman–Crippen MR) is 71.5 cm³/mol. The summed E-state index contributed by atoms with van der Waals surface area (Å²) >= 11 is 0. The third-order valence-corrected chi connectivity index (χ3v) is 3.82. The Morgan fingerprint density at radius 2 is 2.28 bits per heavy atom. The molecule has 0 amide bonds. The number of hydrogen-bond donors (Lipinski definition) is 1. The number of halogens is 1. The molecule has 0 spiro atoms. The van der Waals surface area contributed by atoms with Gasteiger partial charge in [0.25, 0.3) is 0 Å². The van der Waals surface area contributed by atoms with E-state index in [1.165, 1.54) is 20.0 Å². The molecule has 1 aliphatic heterocycles. The zero-order valence-corrected chi connectivity index (χ0v) is 11.3. The number of hydrogen-bond acceptors (Lipinski definition) is 2. The molecule has 3 heteroatoms. The fourth-order valence-electron chi connectivity index (χ4n) is 3.01. The van der Waals surface area contributed by atoms with E-state index >= 15 is 0 Å². The van der Waals surface area contributed by atoms with Gasteiger partial charge in [-0.3, -0.25) is 0 Å². The maximum absolute atomic E-state index is 13.7. The summed E-state index contributed by atoms with van der Waals surface area (Å²) < 4.78 is 18.6. The van der Waals surface area contributed by atoms with Gasteiger partial charge in [-0.15, -0.1) is 0 Å². The molecule has 0 radical (unpaired) electrons. The molecule has 100 valence electrons. The Kier molecular flexibility index (Phi) is 4.23. The highest BCUT2D eigenvalue weighted by atomic mass is 19.1. The topological polar surface area (TPSA) is 21.3 Å². The molecule has 18 heavy (non-hydrogen) atoms. The van der Waals surface area contributed by atoms with E-state index in [0.29, 0.717) is 5.75 Å². The summed E-state index contributed by atoms with van der Waals surface area (Å²) in [5.74, 6) is 0.0577. The first-order chi connectivity index (χ1) is 8.69.